The Kier molecular flexibility index (Phi) is 5.80. The Hall–Kier alpha value is -1.24. The van der Waals surface area contributed by atoms with Gasteiger partial charge in [0.15, 0.2) is 0 Å². The molecule has 1 aromatic heterocycles. The average Bonchev–Trinajstić information content (AvgIpc) is 3.02. The van der Waals surface area contributed by atoms with E-state index in [1.54, 1.807) is 11.3 Å². The van der Waals surface area contributed by atoms with Gasteiger partial charge in [0, 0.05) is 22.0 Å². The Balaban J connectivity index is 1.53. The summed E-state index contributed by atoms with van der Waals surface area (Å²) in [4.78, 5) is 16.7. The molecule has 122 valence electrons. The molecule has 1 aromatic carbocycles. The second-order valence-corrected chi connectivity index (χ2v) is 7.62. The normalized spacial score (nSPS) is 17.9. The van der Waals surface area contributed by atoms with Crippen LogP contribution < -0.4 is 10.6 Å². The van der Waals surface area contributed by atoms with Crippen molar-refractivity contribution >= 4 is 33.2 Å². The maximum absolute atomic E-state index is 12.1. The van der Waals surface area contributed by atoms with Gasteiger partial charge in [-0.3, -0.25) is 4.79 Å². The van der Waals surface area contributed by atoms with E-state index in [0.717, 1.165) is 40.4 Å². The molecular weight excluding hydrogens is 374 g/mol. The molecule has 1 amide bonds. The zero-order chi connectivity index (χ0) is 16.1. The molecule has 0 aliphatic carbocycles. The average molecular weight is 394 g/mol. The van der Waals surface area contributed by atoms with Gasteiger partial charge in [0.25, 0.3) is 0 Å². The summed E-state index contributed by atoms with van der Waals surface area (Å²) < 4.78 is 1.03. The number of halogens is 1. The predicted molar refractivity (Wildman–Crippen MR) is 97.6 cm³/mol. The van der Waals surface area contributed by atoms with Gasteiger partial charge in [0.05, 0.1) is 12.1 Å². The monoisotopic (exact) mass is 393 g/mol. The van der Waals surface area contributed by atoms with Crippen LogP contribution in [0.2, 0.25) is 0 Å². The Morgan fingerprint density at radius 2 is 2.39 bits per heavy atom. The third-order valence-electron chi connectivity index (χ3n) is 3.95. The fourth-order valence-electron chi connectivity index (χ4n) is 2.73. The lowest BCUT2D eigenvalue weighted by atomic mass is 10.00. The molecular formula is C17H20BrN3OS. The van der Waals surface area contributed by atoms with Crippen LogP contribution in [-0.4, -0.2) is 30.5 Å². The Morgan fingerprint density at radius 1 is 1.48 bits per heavy atom. The van der Waals surface area contributed by atoms with E-state index in [1.165, 1.54) is 12.8 Å². The number of nitrogens with one attached hydrogen (secondary N) is 2. The minimum absolute atomic E-state index is 0.0571. The van der Waals surface area contributed by atoms with Crippen LogP contribution in [0, 0.1) is 5.92 Å². The second kappa shape index (κ2) is 8.04. The number of carbonyl (C=O) groups is 1. The molecule has 23 heavy (non-hydrogen) atoms. The number of hydrogen-bond acceptors (Lipinski definition) is 4. The van der Waals surface area contributed by atoms with Crippen molar-refractivity contribution in [1.29, 1.82) is 0 Å². The first-order valence-electron chi connectivity index (χ1n) is 7.88. The van der Waals surface area contributed by atoms with Crippen molar-refractivity contribution in [1.82, 2.24) is 15.6 Å². The van der Waals surface area contributed by atoms with E-state index in [-0.39, 0.29) is 5.91 Å². The summed E-state index contributed by atoms with van der Waals surface area (Å²) in [5.41, 5.74) is 1.91. The van der Waals surface area contributed by atoms with Crippen LogP contribution >= 0.6 is 27.3 Å². The SMILES string of the molecule is O=C(Cc1csc(-c2cccc(Br)c2)n1)NCC1CCCNC1. The van der Waals surface area contributed by atoms with Gasteiger partial charge in [-0.25, -0.2) is 4.98 Å². The quantitative estimate of drug-likeness (QED) is 0.819. The fourth-order valence-corrected chi connectivity index (χ4v) is 3.94. The minimum Gasteiger partial charge on any atom is -0.355 e. The number of aromatic nitrogens is 1. The number of thiazole rings is 1. The lowest BCUT2D eigenvalue weighted by Crippen LogP contribution is -2.38. The van der Waals surface area contributed by atoms with Crippen LogP contribution in [0.5, 0.6) is 0 Å². The van der Waals surface area contributed by atoms with Crippen molar-refractivity contribution in [3.63, 3.8) is 0 Å². The van der Waals surface area contributed by atoms with Gasteiger partial charge in [-0.15, -0.1) is 11.3 Å². The summed E-state index contributed by atoms with van der Waals surface area (Å²) in [5, 5.41) is 9.33. The van der Waals surface area contributed by atoms with Crippen molar-refractivity contribution in [2.75, 3.05) is 19.6 Å². The predicted octanol–water partition coefficient (Wildman–Crippen LogP) is 3.23. The van der Waals surface area contributed by atoms with E-state index < -0.39 is 0 Å². The smallest absolute Gasteiger partial charge is 0.226 e. The van der Waals surface area contributed by atoms with Gasteiger partial charge in [0.1, 0.15) is 5.01 Å². The van der Waals surface area contributed by atoms with Crippen LogP contribution in [0.4, 0.5) is 0 Å². The molecule has 3 rings (SSSR count). The molecule has 1 unspecified atom stereocenters. The maximum Gasteiger partial charge on any atom is 0.226 e. The van der Waals surface area contributed by atoms with Crippen LogP contribution in [-0.2, 0) is 11.2 Å². The number of benzene rings is 1. The molecule has 1 fully saturated rings. The highest BCUT2D eigenvalue weighted by Crippen LogP contribution is 2.26. The van der Waals surface area contributed by atoms with E-state index in [4.69, 9.17) is 0 Å². The van der Waals surface area contributed by atoms with Crippen molar-refractivity contribution in [2.24, 2.45) is 5.92 Å². The number of carbonyl (C=O) groups excluding carboxylic acids is 1. The van der Waals surface area contributed by atoms with Gasteiger partial charge >= 0.3 is 0 Å². The van der Waals surface area contributed by atoms with Crippen molar-refractivity contribution in [3.8, 4) is 10.6 Å². The summed E-state index contributed by atoms with van der Waals surface area (Å²) in [6, 6.07) is 8.05. The van der Waals surface area contributed by atoms with Gasteiger partial charge in [-0.1, -0.05) is 28.1 Å². The molecule has 1 aliphatic heterocycles. The highest BCUT2D eigenvalue weighted by molar-refractivity contribution is 9.10. The van der Waals surface area contributed by atoms with E-state index >= 15 is 0 Å². The lowest BCUT2D eigenvalue weighted by Gasteiger charge is -2.22. The molecule has 0 bridgehead atoms. The van der Waals surface area contributed by atoms with Crippen LogP contribution in [0.15, 0.2) is 34.1 Å². The van der Waals surface area contributed by atoms with Gasteiger partial charge in [0.2, 0.25) is 5.91 Å². The largest absolute Gasteiger partial charge is 0.355 e. The van der Waals surface area contributed by atoms with Gasteiger partial charge in [-0.2, -0.15) is 0 Å². The van der Waals surface area contributed by atoms with E-state index in [2.05, 4.69) is 31.5 Å². The molecule has 1 saturated heterocycles. The van der Waals surface area contributed by atoms with Gasteiger partial charge < -0.3 is 10.6 Å². The van der Waals surface area contributed by atoms with Crippen LogP contribution in [0.3, 0.4) is 0 Å². The van der Waals surface area contributed by atoms with Crippen molar-refractivity contribution in [2.45, 2.75) is 19.3 Å². The van der Waals surface area contributed by atoms with Gasteiger partial charge in [-0.05, 0) is 44.0 Å². The molecule has 0 saturated carbocycles. The zero-order valence-electron chi connectivity index (χ0n) is 12.8. The number of nitrogens with zero attached hydrogens (tertiary/aromatic N) is 1. The summed E-state index contributed by atoms with van der Waals surface area (Å²) >= 11 is 5.05. The number of amides is 1. The lowest BCUT2D eigenvalue weighted by molar-refractivity contribution is -0.120. The topological polar surface area (TPSA) is 54.0 Å². The highest BCUT2D eigenvalue weighted by atomic mass is 79.9. The minimum atomic E-state index is 0.0571. The van der Waals surface area contributed by atoms with Crippen molar-refractivity contribution in [3.05, 3.63) is 39.8 Å². The fraction of sp³-hybridized carbons (Fsp3) is 0.412. The summed E-state index contributed by atoms with van der Waals surface area (Å²) in [7, 11) is 0. The molecule has 1 aliphatic rings. The number of piperidine rings is 1. The summed E-state index contributed by atoms with van der Waals surface area (Å²) in [6.45, 7) is 2.86. The van der Waals surface area contributed by atoms with Crippen LogP contribution in [0.25, 0.3) is 10.6 Å². The standard InChI is InChI=1S/C17H20BrN3OS/c18-14-5-1-4-13(7-14)17-21-15(11-23-17)8-16(22)20-10-12-3-2-6-19-9-12/h1,4-5,7,11-12,19H,2-3,6,8-10H2,(H,20,22). The summed E-state index contributed by atoms with van der Waals surface area (Å²) in [6.07, 6.45) is 2.74. The first kappa shape index (κ1) is 16.6. The zero-order valence-corrected chi connectivity index (χ0v) is 15.3. The number of rotatable bonds is 5. The Morgan fingerprint density at radius 3 is 3.17 bits per heavy atom. The molecule has 0 radical (unpaired) electrons. The summed E-state index contributed by atoms with van der Waals surface area (Å²) in [5.74, 6) is 0.613. The molecule has 2 N–H and O–H groups in total. The first-order chi connectivity index (χ1) is 11.2. The highest BCUT2D eigenvalue weighted by Gasteiger charge is 2.15. The molecule has 2 aromatic rings. The molecule has 6 heteroatoms. The first-order valence-corrected chi connectivity index (χ1v) is 9.56. The van der Waals surface area contributed by atoms with E-state index in [0.29, 0.717) is 12.3 Å². The number of hydrogen-bond donors (Lipinski definition) is 2. The Labute approximate surface area is 148 Å². The van der Waals surface area contributed by atoms with Crippen molar-refractivity contribution < 1.29 is 4.79 Å². The second-order valence-electron chi connectivity index (χ2n) is 5.85. The molecule has 2 heterocycles. The third-order valence-corrected chi connectivity index (χ3v) is 5.39. The van der Waals surface area contributed by atoms with Crippen LogP contribution in [0.1, 0.15) is 18.5 Å². The Bertz CT molecular complexity index is 667. The van der Waals surface area contributed by atoms with E-state index in [1.807, 2.05) is 29.6 Å². The van der Waals surface area contributed by atoms with E-state index in [9.17, 15) is 4.79 Å². The third kappa shape index (κ3) is 4.86. The molecule has 0 spiro atoms. The molecule has 4 nitrogen and oxygen atoms in total. The molecule has 1 atom stereocenters. The maximum atomic E-state index is 12.1.